The van der Waals surface area contributed by atoms with Gasteiger partial charge in [0.1, 0.15) is 17.9 Å². The average molecular weight is 680 g/mol. The number of alkyl halides is 3. The zero-order valence-corrected chi connectivity index (χ0v) is 26.5. The third-order valence-corrected chi connectivity index (χ3v) is 7.92. The van der Waals surface area contributed by atoms with Crippen LogP contribution in [0.1, 0.15) is 36.6 Å². The number of sulfonamides is 1. The first kappa shape index (κ1) is 35.1. The molecule has 2 aromatic carbocycles. The Bertz CT molecular complexity index is 1820. The Morgan fingerprint density at radius 1 is 1.13 bits per heavy atom. The normalized spacial score (nSPS) is 20.8. The number of halogens is 3. The average Bonchev–Trinajstić information content (AvgIpc) is 3.52. The number of aryl methyl sites for hydroxylation is 1. The number of nitrogens with one attached hydrogen (secondary N) is 3. The number of imide groups is 1. The predicted octanol–water partition coefficient (Wildman–Crippen LogP) is 3.35. The quantitative estimate of drug-likeness (QED) is 0.226. The van der Waals surface area contributed by atoms with Gasteiger partial charge in [-0.05, 0) is 38.1 Å². The van der Waals surface area contributed by atoms with Gasteiger partial charge in [-0.3, -0.25) is 15.1 Å². The van der Waals surface area contributed by atoms with E-state index in [0.717, 1.165) is 28.4 Å². The maximum atomic E-state index is 12.3. The summed E-state index contributed by atoms with van der Waals surface area (Å²) in [5.74, 6) is -2.00. The number of para-hydroxylation sites is 1. The maximum Gasteiger partial charge on any atom is 0.490 e. The monoisotopic (exact) mass is 679 g/mol. The number of rotatable bonds is 9. The summed E-state index contributed by atoms with van der Waals surface area (Å²) in [4.78, 5) is 43.8. The fraction of sp³-hybridized carbons (Fsp3) is 0.367. The number of hydrogen-bond donors (Lipinski definition) is 3. The maximum absolute atomic E-state index is 12.3. The molecule has 0 radical (unpaired) electrons. The van der Waals surface area contributed by atoms with E-state index in [4.69, 9.17) is 9.57 Å². The molecule has 0 aliphatic carbocycles. The van der Waals surface area contributed by atoms with Gasteiger partial charge in [-0.2, -0.15) is 13.2 Å². The number of esters is 1. The Kier molecular flexibility index (Phi) is 10.1. The highest BCUT2D eigenvalue weighted by atomic mass is 32.2. The highest BCUT2D eigenvalue weighted by Gasteiger charge is 2.48. The Hall–Kier alpha value is -4.77. The molecule has 47 heavy (non-hydrogen) atoms. The molecule has 0 spiro atoms. The number of aromatic nitrogens is 1. The van der Waals surface area contributed by atoms with Gasteiger partial charge in [-0.1, -0.05) is 35.5 Å². The van der Waals surface area contributed by atoms with Gasteiger partial charge >= 0.3 is 18.2 Å². The first-order chi connectivity index (χ1) is 21.9. The van der Waals surface area contributed by atoms with Crippen LogP contribution in [0, 0.1) is 6.92 Å². The number of methoxy groups -OCH3 is 1. The minimum atomic E-state index is -4.85. The van der Waals surface area contributed by atoms with Crippen molar-refractivity contribution in [3.8, 4) is 5.75 Å². The van der Waals surface area contributed by atoms with E-state index >= 15 is 0 Å². The van der Waals surface area contributed by atoms with Gasteiger partial charge in [0.05, 0.1) is 31.1 Å². The van der Waals surface area contributed by atoms with Crippen LogP contribution in [-0.2, 0) is 41.4 Å². The van der Waals surface area contributed by atoms with Crippen molar-refractivity contribution in [2.45, 2.75) is 50.6 Å². The zero-order valence-electron chi connectivity index (χ0n) is 25.7. The molecule has 3 aromatic rings. The van der Waals surface area contributed by atoms with Crippen molar-refractivity contribution in [2.75, 3.05) is 19.9 Å². The Morgan fingerprint density at radius 2 is 1.81 bits per heavy atom. The van der Waals surface area contributed by atoms with Crippen LogP contribution < -0.4 is 20.1 Å². The predicted molar refractivity (Wildman–Crippen MR) is 163 cm³/mol. The summed E-state index contributed by atoms with van der Waals surface area (Å²) >= 11 is 0. The Morgan fingerprint density at radius 3 is 2.38 bits per heavy atom. The van der Waals surface area contributed by atoms with Gasteiger partial charge in [0.2, 0.25) is 10.0 Å². The van der Waals surface area contributed by atoms with E-state index in [9.17, 15) is 36.0 Å². The number of oxime groups is 1. The molecule has 1 fully saturated rings. The van der Waals surface area contributed by atoms with E-state index in [-0.39, 0.29) is 19.4 Å². The van der Waals surface area contributed by atoms with Crippen molar-refractivity contribution in [1.29, 1.82) is 0 Å². The number of amides is 3. The molecule has 1 saturated heterocycles. The highest BCUT2D eigenvalue weighted by molar-refractivity contribution is 7.88. The fourth-order valence-corrected chi connectivity index (χ4v) is 5.49. The number of carbonyl (C=O) groups excluding carboxylic acids is 3. The SMILES string of the molecule is COC(=O)C(F)(F)F.Cc1cc(COc2ccc(C3(CNS(C)(=O)=O)CC(CC4(C)NC(=O)NC4=O)=NO3)cc2)c2ccccc2n1. The Balaban J connectivity index is 0.000000555. The van der Waals surface area contributed by atoms with Crippen molar-refractivity contribution in [2.24, 2.45) is 5.16 Å². The van der Waals surface area contributed by atoms with E-state index in [2.05, 4.69) is 30.2 Å². The third-order valence-electron chi connectivity index (χ3n) is 7.26. The van der Waals surface area contributed by atoms with Gasteiger partial charge in [-0.15, -0.1) is 0 Å². The molecule has 3 N–H and O–H groups in total. The molecule has 252 valence electrons. The van der Waals surface area contributed by atoms with E-state index in [0.29, 0.717) is 30.7 Å². The summed E-state index contributed by atoms with van der Waals surface area (Å²) in [5.41, 5.74) is 1.72. The number of pyridine rings is 1. The zero-order chi connectivity index (χ0) is 34.6. The first-order valence-electron chi connectivity index (χ1n) is 14.0. The summed E-state index contributed by atoms with van der Waals surface area (Å²) in [5, 5.41) is 10.0. The molecular formula is C30H32F3N5O8S. The smallest absolute Gasteiger partial charge is 0.489 e. The van der Waals surface area contributed by atoms with Crippen LogP contribution >= 0.6 is 0 Å². The second-order valence-electron chi connectivity index (χ2n) is 11.2. The lowest BCUT2D eigenvalue weighted by molar-refractivity contribution is -0.196. The number of ether oxygens (including phenoxy) is 2. The minimum Gasteiger partial charge on any atom is -0.489 e. The molecule has 3 amide bonds. The molecule has 3 heterocycles. The molecule has 0 bridgehead atoms. The van der Waals surface area contributed by atoms with Crippen LogP contribution in [0.15, 0.2) is 59.8 Å². The molecular weight excluding hydrogens is 647 g/mol. The van der Waals surface area contributed by atoms with Gasteiger partial charge in [0.25, 0.3) is 5.91 Å². The van der Waals surface area contributed by atoms with Crippen molar-refractivity contribution in [3.63, 3.8) is 0 Å². The standard InChI is InChI=1S/C27H29N5O6S.C3H3F3O2/c1-17-12-18(22-6-4-5-7-23(22)29-17)15-37-21-10-8-19(9-11-21)27(16-28-39(3,35)36)14-20(32-38-27)13-26(2)24(33)30-25(34)31-26;1-8-2(7)3(4,5)6/h4-12,28H,13-16H2,1-3H3,(H2,30,31,33,34);1H3. The summed E-state index contributed by atoms with van der Waals surface area (Å²) in [7, 11) is -2.85. The minimum absolute atomic E-state index is 0.0728. The van der Waals surface area contributed by atoms with E-state index < -0.39 is 45.2 Å². The first-order valence-corrected chi connectivity index (χ1v) is 15.9. The molecule has 0 saturated carbocycles. The number of fused-ring (bicyclic) bond motifs is 1. The molecule has 13 nitrogen and oxygen atoms in total. The summed E-state index contributed by atoms with van der Waals surface area (Å²) < 4.78 is 68.7. The number of nitrogens with zero attached hydrogens (tertiary/aromatic N) is 2. The topological polar surface area (TPSA) is 174 Å². The van der Waals surface area contributed by atoms with Crippen molar-refractivity contribution >= 4 is 44.5 Å². The second-order valence-corrected chi connectivity index (χ2v) is 13.0. The van der Waals surface area contributed by atoms with Crippen molar-refractivity contribution in [3.05, 3.63) is 71.4 Å². The van der Waals surface area contributed by atoms with E-state index in [1.807, 2.05) is 37.3 Å². The van der Waals surface area contributed by atoms with E-state index in [1.54, 1.807) is 31.2 Å². The largest absolute Gasteiger partial charge is 0.490 e. The van der Waals surface area contributed by atoms with Crippen LogP contribution in [0.5, 0.6) is 5.75 Å². The highest BCUT2D eigenvalue weighted by Crippen LogP contribution is 2.37. The Labute approximate surface area is 267 Å². The summed E-state index contributed by atoms with van der Waals surface area (Å²) in [6.07, 6.45) is -3.45. The lowest BCUT2D eigenvalue weighted by Gasteiger charge is -2.28. The lowest BCUT2D eigenvalue weighted by Crippen LogP contribution is -2.46. The third kappa shape index (κ3) is 8.74. The summed E-state index contributed by atoms with van der Waals surface area (Å²) in [6.45, 7) is 3.82. The van der Waals surface area contributed by atoms with Crippen LogP contribution in [0.4, 0.5) is 18.0 Å². The van der Waals surface area contributed by atoms with E-state index in [1.165, 1.54) is 0 Å². The molecule has 2 atom stereocenters. The molecule has 2 unspecified atom stereocenters. The molecule has 5 rings (SSSR count). The van der Waals surface area contributed by atoms with Gasteiger partial charge in [-0.25, -0.2) is 22.7 Å². The van der Waals surface area contributed by atoms with Gasteiger partial charge in [0, 0.05) is 35.0 Å². The van der Waals surface area contributed by atoms with Crippen molar-refractivity contribution in [1.82, 2.24) is 20.3 Å². The number of urea groups is 1. The lowest BCUT2D eigenvalue weighted by atomic mass is 9.85. The fourth-order valence-electron chi connectivity index (χ4n) is 5.00. The van der Waals surface area contributed by atoms with Crippen molar-refractivity contribution < 1.29 is 50.3 Å². The van der Waals surface area contributed by atoms with Gasteiger partial charge in [0.15, 0.2) is 5.60 Å². The second kappa shape index (κ2) is 13.5. The summed E-state index contributed by atoms with van der Waals surface area (Å²) in [6, 6.07) is 16.5. The molecule has 17 heteroatoms. The van der Waals surface area contributed by atoms with Crippen LogP contribution in [0.3, 0.4) is 0 Å². The van der Waals surface area contributed by atoms with Crippen LogP contribution in [0.25, 0.3) is 10.9 Å². The van der Waals surface area contributed by atoms with Crippen LogP contribution in [0.2, 0.25) is 0 Å². The number of carbonyl (C=O) groups is 3. The molecule has 2 aliphatic heterocycles. The molecule has 1 aromatic heterocycles. The van der Waals surface area contributed by atoms with Crippen LogP contribution in [-0.4, -0.2) is 68.6 Å². The molecule has 2 aliphatic rings. The number of benzene rings is 2. The number of hydrogen-bond acceptors (Lipinski definition) is 10. The van der Waals surface area contributed by atoms with Gasteiger partial charge < -0.3 is 19.6 Å².